The third-order valence-corrected chi connectivity index (χ3v) is 3.02. The maximum atomic E-state index is 13.3. The van der Waals surface area contributed by atoms with E-state index in [1.54, 1.807) is 30.1 Å². The van der Waals surface area contributed by atoms with Crippen molar-refractivity contribution in [3.05, 3.63) is 42.6 Å². The Morgan fingerprint density at radius 3 is 3.05 bits per heavy atom. The summed E-state index contributed by atoms with van der Waals surface area (Å²) in [7, 11) is 1.64. The van der Waals surface area contributed by atoms with E-state index in [0.717, 1.165) is 5.39 Å². The van der Waals surface area contributed by atoms with Crippen molar-refractivity contribution < 1.29 is 9.13 Å². The summed E-state index contributed by atoms with van der Waals surface area (Å²) in [6.45, 7) is 1.21. The number of halogens is 1. The fourth-order valence-corrected chi connectivity index (χ4v) is 2.05. The van der Waals surface area contributed by atoms with E-state index in [1.165, 1.54) is 18.5 Å². The predicted molar refractivity (Wildman–Crippen MR) is 77.0 cm³/mol. The van der Waals surface area contributed by atoms with Crippen molar-refractivity contribution in [2.24, 2.45) is 0 Å². The van der Waals surface area contributed by atoms with Crippen molar-refractivity contribution in [2.75, 3.05) is 25.6 Å². The van der Waals surface area contributed by atoms with Crippen LogP contribution in [0.15, 0.2) is 36.8 Å². The second-order valence-corrected chi connectivity index (χ2v) is 4.42. The number of benzene rings is 1. The van der Waals surface area contributed by atoms with Crippen molar-refractivity contribution >= 4 is 16.9 Å². The molecule has 1 N–H and O–H groups in total. The molecule has 3 rings (SSSR count). The molecule has 0 spiro atoms. The molecular weight excluding hydrogens is 273 g/mol. The minimum atomic E-state index is -0.316. The van der Waals surface area contributed by atoms with E-state index < -0.39 is 0 Å². The number of fused-ring (bicyclic) bond motifs is 1. The molecule has 0 amide bonds. The summed E-state index contributed by atoms with van der Waals surface area (Å²) in [6, 6.07) is 6.21. The molecule has 0 aliphatic heterocycles. The molecule has 0 aliphatic rings. The molecule has 21 heavy (non-hydrogen) atoms. The lowest BCUT2D eigenvalue weighted by Crippen LogP contribution is -2.09. The van der Waals surface area contributed by atoms with Gasteiger partial charge in [0.1, 0.15) is 18.0 Å². The summed E-state index contributed by atoms with van der Waals surface area (Å²) in [6.07, 6.45) is 3.12. The average molecular weight is 287 g/mol. The highest BCUT2D eigenvalue weighted by Gasteiger charge is 2.11. The molecule has 3 aromatic rings. The Bertz CT molecular complexity index is 758. The van der Waals surface area contributed by atoms with Gasteiger partial charge in [-0.1, -0.05) is 6.07 Å². The van der Waals surface area contributed by atoms with Crippen LogP contribution in [-0.2, 0) is 4.74 Å². The molecular formula is C14H14FN5O. The van der Waals surface area contributed by atoms with Gasteiger partial charge in [-0.05, 0) is 18.2 Å². The zero-order chi connectivity index (χ0) is 14.7. The van der Waals surface area contributed by atoms with Crippen molar-refractivity contribution in [1.29, 1.82) is 0 Å². The molecule has 1 aromatic carbocycles. The number of anilines is 1. The number of hydrogen-bond acceptors (Lipinski definition) is 5. The Labute approximate surface area is 120 Å². The highest BCUT2D eigenvalue weighted by Crippen LogP contribution is 2.21. The number of methoxy groups -OCH3 is 1. The van der Waals surface area contributed by atoms with Crippen LogP contribution in [0.1, 0.15) is 0 Å². The van der Waals surface area contributed by atoms with E-state index in [0.29, 0.717) is 30.3 Å². The van der Waals surface area contributed by atoms with E-state index in [4.69, 9.17) is 4.74 Å². The Morgan fingerprint density at radius 1 is 1.33 bits per heavy atom. The third kappa shape index (κ3) is 2.68. The SMILES string of the molecule is COCCNc1ncnc2c1cnn2-c1cccc(F)c1. The standard InChI is InChI=1S/C14H14FN5O/c1-21-6-5-16-13-12-8-19-20(14(12)18-9-17-13)11-4-2-3-10(15)7-11/h2-4,7-9H,5-6H2,1H3,(H,16,17,18). The first-order valence-electron chi connectivity index (χ1n) is 6.47. The number of ether oxygens (including phenoxy) is 1. The number of hydrogen-bond donors (Lipinski definition) is 1. The van der Waals surface area contributed by atoms with Gasteiger partial charge in [-0.2, -0.15) is 5.10 Å². The fraction of sp³-hybridized carbons (Fsp3) is 0.214. The number of aromatic nitrogens is 4. The van der Waals surface area contributed by atoms with E-state index in [2.05, 4.69) is 20.4 Å². The summed E-state index contributed by atoms with van der Waals surface area (Å²) in [4.78, 5) is 8.43. The number of nitrogens with zero attached hydrogens (tertiary/aromatic N) is 4. The van der Waals surface area contributed by atoms with Crippen LogP contribution in [0.4, 0.5) is 10.2 Å². The Kier molecular flexibility index (Phi) is 3.74. The van der Waals surface area contributed by atoms with E-state index >= 15 is 0 Å². The highest BCUT2D eigenvalue weighted by molar-refractivity contribution is 5.87. The number of rotatable bonds is 5. The summed E-state index contributed by atoms with van der Waals surface area (Å²) >= 11 is 0. The van der Waals surface area contributed by atoms with Gasteiger partial charge in [0, 0.05) is 13.7 Å². The fourth-order valence-electron chi connectivity index (χ4n) is 2.05. The van der Waals surface area contributed by atoms with Crippen LogP contribution in [0.25, 0.3) is 16.7 Å². The van der Waals surface area contributed by atoms with Crippen LogP contribution in [0, 0.1) is 5.82 Å². The molecule has 108 valence electrons. The van der Waals surface area contributed by atoms with Crippen molar-refractivity contribution in [2.45, 2.75) is 0 Å². The number of nitrogens with one attached hydrogen (secondary N) is 1. The molecule has 7 heteroatoms. The van der Waals surface area contributed by atoms with Gasteiger partial charge < -0.3 is 10.1 Å². The van der Waals surface area contributed by atoms with E-state index in [-0.39, 0.29) is 5.82 Å². The van der Waals surface area contributed by atoms with Crippen LogP contribution in [0.3, 0.4) is 0 Å². The normalized spacial score (nSPS) is 11.0. The topological polar surface area (TPSA) is 64.9 Å². The zero-order valence-corrected chi connectivity index (χ0v) is 11.5. The molecule has 2 heterocycles. The van der Waals surface area contributed by atoms with E-state index in [1.807, 2.05) is 0 Å². The summed E-state index contributed by atoms with van der Waals surface area (Å²) in [5.41, 5.74) is 1.24. The van der Waals surface area contributed by atoms with Crippen molar-refractivity contribution in [3.8, 4) is 5.69 Å². The molecule has 0 fully saturated rings. The molecule has 0 radical (unpaired) electrons. The van der Waals surface area contributed by atoms with Crippen molar-refractivity contribution in [3.63, 3.8) is 0 Å². The van der Waals surface area contributed by atoms with Gasteiger partial charge in [-0.15, -0.1) is 0 Å². The minimum absolute atomic E-state index is 0.316. The molecule has 0 bridgehead atoms. The third-order valence-electron chi connectivity index (χ3n) is 3.02. The van der Waals surface area contributed by atoms with Crippen LogP contribution >= 0.6 is 0 Å². The van der Waals surface area contributed by atoms with Gasteiger partial charge in [0.05, 0.1) is 23.9 Å². The molecule has 0 unspecified atom stereocenters. The maximum absolute atomic E-state index is 13.3. The van der Waals surface area contributed by atoms with Gasteiger partial charge in [-0.25, -0.2) is 19.0 Å². The lowest BCUT2D eigenvalue weighted by Gasteiger charge is -2.06. The maximum Gasteiger partial charge on any atom is 0.168 e. The first-order valence-corrected chi connectivity index (χ1v) is 6.47. The van der Waals surface area contributed by atoms with Crippen LogP contribution < -0.4 is 5.32 Å². The van der Waals surface area contributed by atoms with Gasteiger partial charge in [0.2, 0.25) is 0 Å². The summed E-state index contributed by atoms with van der Waals surface area (Å²) in [5.74, 6) is 0.364. The van der Waals surface area contributed by atoms with Gasteiger partial charge >= 0.3 is 0 Å². The average Bonchev–Trinajstić information content (AvgIpc) is 2.92. The van der Waals surface area contributed by atoms with Crippen LogP contribution in [-0.4, -0.2) is 40.0 Å². The first-order chi connectivity index (χ1) is 10.3. The minimum Gasteiger partial charge on any atom is -0.383 e. The lowest BCUT2D eigenvalue weighted by molar-refractivity contribution is 0.210. The van der Waals surface area contributed by atoms with E-state index in [9.17, 15) is 4.39 Å². The second kappa shape index (κ2) is 5.84. The molecule has 0 saturated heterocycles. The molecule has 0 atom stereocenters. The quantitative estimate of drug-likeness (QED) is 0.727. The molecule has 0 aliphatic carbocycles. The van der Waals surface area contributed by atoms with Crippen LogP contribution in [0.2, 0.25) is 0 Å². The molecule has 2 aromatic heterocycles. The van der Waals surface area contributed by atoms with Gasteiger partial charge in [0.25, 0.3) is 0 Å². The predicted octanol–water partition coefficient (Wildman–Crippen LogP) is 2.01. The second-order valence-electron chi connectivity index (χ2n) is 4.42. The summed E-state index contributed by atoms with van der Waals surface area (Å²) in [5, 5.41) is 8.21. The molecule has 6 nitrogen and oxygen atoms in total. The smallest absolute Gasteiger partial charge is 0.168 e. The zero-order valence-electron chi connectivity index (χ0n) is 11.5. The van der Waals surface area contributed by atoms with Gasteiger partial charge in [0.15, 0.2) is 5.65 Å². The Morgan fingerprint density at radius 2 is 2.24 bits per heavy atom. The molecule has 0 saturated carbocycles. The lowest BCUT2D eigenvalue weighted by atomic mass is 10.3. The van der Waals surface area contributed by atoms with Crippen LogP contribution in [0.5, 0.6) is 0 Å². The monoisotopic (exact) mass is 287 g/mol. The first kappa shape index (κ1) is 13.4. The Hall–Kier alpha value is -2.54. The summed E-state index contributed by atoms with van der Waals surface area (Å²) < 4.78 is 19.9. The van der Waals surface area contributed by atoms with Crippen molar-refractivity contribution in [1.82, 2.24) is 19.7 Å². The van der Waals surface area contributed by atoms with Gasteiger partial charge in [-0.3, -0.25) is 0 Å². The highest BCUT2D eigenvalue weighted by atomic mass is 19.1. The largest absolute Gasteiger partial charge is 0.383 e. The Balaban J connectivity index is 2.01.